The second kappa shape index (κ2) is 7.45. The molecule has 4 rings (SSSR count). The highest BCUT2D eigenvalue weighted by atomic mass is 32.2. The molecule has 0 aliphatic carbocycles. The van der Waals surface area contributed by atoms with E-state index in [0.717, 1.165) is 12.8 Å². The van der Waals surface area contributed by atoms with Gasteiger partial charge in [-0.2, -0.15) is 9.40 Å². The Morgan fingerprint density at radius 3 is 2.74 bits per heavy atom. The van der Waals surface area contributed by atoms with Crippen LogP contribution in [-0.2, 0) is 10.0 Å². The molecule has 1 unspecified atom stereocenters. The van der Waals surface area contributed by atoms with Crippen molar-refractivity contribution < 1.29 is 13.2 Å². The van der Waals surface area contributed by atoms with Crippen molar-refractivity contribution >= 4 is 10.0 Å². The van der Waals surface area contributed by atoms with E-state index in [-0.39, 0.29) is 10.8 Å². The molecule has 27 heavy (non-hydrogen) atoms. The van der Waals surface area contributed by atoms with Crippen LogP contribution in [0.25, 0.3) is 0 Å². The van der Waals surface area contributed by atoms with Crippen molar-refractivity contribution in [3.63, 3.8) is 0 Å². The van der Waals surface area contributed by atoms with E-state index < -0.39 is 10.0 Å². The number of para-hydroxylation sites is 1. The van der Waals surface area contributed by atoms with Gasteiger partial charge in [0.1, 0.15) is 16.3 Å². The third kappa shape index (κ3) is 3.69. The van der Waals surface area contributed by atoms with Crippen molar-refractivity contribution in [2.24, 2.45) is 0 Å². The van der Waals surface area contributed by atoms with Crippen LogP contribution in [0.1, 0.15) is 24.5 Å². The minimum absolute atomic E-state index is 0.0900. The first-order valence-corrected chi connectivity index (χ1v) is 10.1. The summed E-state index contributed by atoms with van der Waals surface area (Å²) in [5, 5.41) is 6.30. The molecule has 0 bridgehead atoms. The first kappa shape index (κ1) is 17.6. The van der Waals surface area contributed by atoms with Crippen LogP contribution in [0, 0.1) is 0 Å². The molecule has 9 heteroatoms. The second-order valence-corrected chi connectivity index (χ2v) is 8.24. The number of aromatic amines is 1. The maximum absolute atomic E-state index is 12.8. The Bertz CT molecular complexity index is 993. The Hall–Kier alpha value is -2.78. The fraction of sp³-hybridized carbons (Fsp3) is 0.278. The predicted molar refractivity (Wildman–Crippen MR) is 97.9 cm³/mol. The first-order chi connectivity index (χ1) is 13.1. The van der Waals surface area contributed by atoms with Gasteiger partial charge in [-0.1, -0.05) is 18.2 Å². The molecule has 1 aromatic carbocycles. The molecule has 1 N–H and O–H groups in total. The van der Waals surface area contributed by atoms with Crippen molar-refractivity contribution in [3.05, 3.63) is 60.8 Å². The standard InChI is InChI=1S/C18H19N5O3S/c24-27(25,16-11-21-22-12-16)23-10-4-5-14(13-23)17-18(20-9-8-19-17)26-15-6-2-1-3-7-15/h1-3,6-9,11-12,14H,4-5,10,13H2,(H,21,22). The van der Waals surface area contributed by atoms with Gasteiger partial charge in [0.05, 0.1) is 6.20 Å². The van der Waals surface area contributed by atoms with Crippen LogP contribution < -0.4 is 4.74 Å². The van der Waals surface area contributed by atoms with E-state index in [4.69, 9.17) is 4.74 Å². The van der Waals surface area contributed by atoms with Gasteiger partial charge in [-0.15, -0.1) is 0 Å². The zero-order valence-corrected chi connectivity index (χ0v) is 15.3. The number of ether oxygens (including phenoxy) is 1. The minimum atomic E-state index is -3.58. The summed E-state index contributed by atoms with van der Waals surface area (Å²) in [5.41, 5.74) is 0.674. The summed E-state index contributed by atoms with van der Waals surface area (Å²) < 4.78 is 33.0. The van der Waals surface area contributed by atoms with Crippen LogP contribution in [0.4, 0.5) is 0 Å². The average molecular weight is 385 g/mol. The van der Waals surface area contributed by atoms with Gasteiger partial charge in [0.2, 0.25) is 15.9 Å². The van der Waals surface area contributed by atoms with Crippen molar-refractivity contribution in [2.45, 2.75) is 23.7 Å². The van der Waals surface area contributed by atoms with Gasteiger partial charge in [-0.25, -0.2) is 13.4 Å². The van der Waals surface area contributed by atoms with Crippen LogP contribution in [0.2, 0.25) is 0 Å². The van der Waals surface area contributed by atoms with E-state index in [9.17, 15) is 8.42 Å². The van der Waals surface area contributed by atoms with E-state index in [1.54, 1.807) is 12.4 Å². The third-order valence-electron chi connectivity index (χ3n) is 4.53. The maximum Gasteiger partial charge on any atom is 0.246 e. The minimum Gasteiger partial charge on any atom is -0.437 e. The summed E-state index contributed by atoms with van der Waals surface area (Å²) in [4.78, 5) is 8.94. The number of rotatable bonds is 5. The number of aromatic nitrogens is 4. The Balaban J connectivity index is 1.59. The molecule has 0 radical (unpaired) electrons. The molecule has 1 aliphatic heterocycles. The maximum atomic E-state index is 12.8. The number of nitrogens with one attached hydrogen (secondary N) is 1. The molecular formula is C18H19N5O3S. The lowest BCUT2D eigenvalue weighted by Gasteiger charge is -2.31. The zero-order valence-electron chi connectivity index (χ0n) is 14.5. The second-order valence-electron chi connectivity index (χ2n) is 6.30. The lowest BCUT2D eigenvalue weighted by molar-refractivity contribution is 0.306. The number of piperidine rings is 1. The smallest absolute Gasteiger partial charge is 0.246 e. The summed E-state index contributed by atoms with van der Waals surface area (Å²) in [6.07, 6.45) is 7.46. The molecule has 0 amide bonds. The number of H-pyrrole nitrogens is 1. The summed E-state index contributed by atoms with van der Waals surface area (Å²) in [7, 11) is -3.58. The lowest BCUT2D eigenvalue weighted by atomic mass is 9.96. The fourth-order valence-corrected chi connectivity index (χ4v) is 4.64. The largest absolute Gasteiger partial charge is 0.437 e. The topological polar surface area (TPSA) is 101 Å². The Kier molecular flexibility index (Phi) is 4.87. The Morgan fingerprint density at radius 2 is 1.96 bits per heavy atom. The summed E-state index contributed by atoms with van der Waals surface area (Å²) >= 11 is 0. The molecule has 0 spiro atoms. The van der Waals surface area contributed by atoms with Gasteiger partial charge in [0.25, 0.3) is 0 Å². The van der Waals surface area contributed by atoms with E-state index in [0.29, 0.717) is 30.4 Å². The molecule has 0 saturated carbocycles. The van der Waals surface area contributed by atoms with E-state index in [1.165, 1.54) is 16.7 Å². The van der Waals surface area contributed by atoms with Gasteiger partial charge in [0, 0.05) is 37.6 Å². The van der Waals surface area contributed by atoms with Crippen LogP contribution in [-0.4, -0.2) is 46.0 Å². The quantitative estimate of drug-likeness (QED) is 0.724. The van der Waals surface area contributed by atoms with Crippen LogP contribution in [0.5, 0.6) is 11.6 Å². The molecule has 8 nitrogen and oxygen atoms in total. The monoisotopic (exact) mass is 385 g/mol. The van der Waals surface area contributed by atoms with Crippen molar-refractivity contribution in [1.29, 1.82) is 0 Å². The van der Waals surface area contributed by atoms with Crippen molar-refractivity contribution in [1.82, 2.24) is 24.5 Å². The molecule has 2 aromatic heterocycles. The highest BCUT2D eigenvalue weighted by molar-refractivity contribution is 7.89. The van der Waals surface area contributed by atoms with E-state index in [1.807, 2.05) is 30.3 Å². The molecule has 1 atom stereocenters. The number of hydrogen-bond donors (Lipinski definition) is 1. The number of hydrogen-bond acceptors (Lipinski definition) is 6. The van der Waals surface area contributed by atoms with Gasteiger partial charge < -0.3 is 4.74 Å². The summed E-state index contributed by atoms with van der Waals surface area (Å²) in [5.74, 6) is 0.988. The van der Waals surface area contributed by atoms with Gasteiger partial charge in [-0.3, -0.25) is 10.1 Å². The van der Waals surface area contributed by atoms with E-state index >= 15 is 0 Å². The zero-order chi connectivity index (χ0) is 18.7. The average Bonchev–Trinajstić information content (AvgIpc) is 3.25. The first-order valence-electron chi connectivity index (χ1n) is 8.67. The normalized spacial score (nSPS) is 18.3. The van der Waals surface area contributed by atoms with Crippen LogP contribution >= 0.6 is 0 Å². The number of benzene rings is 1. The molecule has 3 aromatic rings. The molecule has 140 valence electrons. The number of nitrogens with zero attached hydrogens (tertiary/aromatic N) is 4. The molecular weight excluding hydrogens is 366 g/mol. The SMILES string of the molecule is O=S(=O)(c1cn[nH]c1)N1CCCC(c2nccnc2Oc2ccccc2)C1. The van der Waals surface area contributed by atoms with Crippen LogP contribution in [0.15, 0.2) is 60.0 Å². The van der Waals surface area contributed by atoms with Gasteiger partial charge in [0.15, 0.2) is 0 Å². The predicted octanol–water partition coefficient (Wildman–Crippen LogP) is 2.56. The Labute approximate surface area is 157 Å². The lowest BCUT2D eigenvalue weighted by Crippen LogP contribution is -2.39. The fourth-order valence-electron chi connectivity index (χ4n) is 3.21. The molecule has 3 heterocycles. The molecule has 1 fully saturated rings. The van der Waals surface area contributed by atoms with Gasteiger partial charge >= 0.3 is 0 Å². The number of sulfonamides is 1. The van der Waals surface area contributed by atoms with E-state index in [2.05, 4.69) is 20.2 Å². The van der Waals surface area contributed by atoms with Gasteiger partial charge in [-0.05, 0) is 25.0 Å². The third-order valence-corrected chi connectivity index (χ3v) is 6.36. The van der Waals surface area contributed by atoms with Crippen molar-refractivity contribution in [2.75, 3.05) is 13.1 Å². The Morgan fingerprint density at radius 1 is 1.15 bits per heavy atom. The molecule has 1 aliphatic rings. The highest BCUT2D eigenvalue weighted by Gasteiger charge is 2.33. The summed E-state index contributed by atoms with van der Waals surface area (Å²) in [6.45, 7) is 0.802. The highest BCUT2D eigenvalue weighted by Crippen LogP contribution is 2.34. The van der Waals surface area contributed by atoms with Crippen molar-refractivity contribution in [3.8, 4) is 11.6 Å². The van der Waals surface area contributed by atoms with Crippen LogP contribution in [0.3, 0.4) is 0 Å². The summed E-state index contributed by atoms with van der Waals surface area (Å²) in [6, 6.07) is 9.35. The molecule has 1 saturated heterocycles.